The van der Waals surface area contributed by atoms with Crippen LogP contribution >= 0.6 is 0 Å². The van der Waals surface area contributed by atoms with Gasteiger partial charge in [-0.1, -0.05) is 59.3 Å². The summed E-state index contributed by atoms with van der Waals surface area (Å²) < 4.78 is 0. The van der Waals surface area contributed by atoms with Gasteiger partial charge < -0.3 is 26.9 Å². The highest BCUT2D eigenvalue weighted by Gasteiger charge is 2.35. The van der Waals surface area contributed by atoms with Crippen LogP contribution in [0.1, 0.15) is 124 Å². The van der Waals surface area contributed by atoms with Crippen LogP contribution in [0, 0.1) is 47.3 Å². The van der Waals surface area contributed by atoms with Crippen LogP contribution in [0.2, 0.25) is 0 Å². The van der Waals surface area contributed by atoms with E-state index < -0.39 is 12.5 Å². The second kappa shape index (κ2) is 17.4. The Labute approximate surface area is 222 Å². The number of aliphatic hydroxyl groups is 2. The molecule has 0 saturated heterocycles. The Kier molecular flexibility index (Phi) is 15.4. The molecule has 3 fully saturated rings. The molecule has 0 bridgehead atoms. The molecule has 3 aliphatic carbocycles. The molecule has 0 aliphatic heterocycles. The Morgan fingerprint density at radius 3 is 1.75 bits per heavy atom. The minimum absolute atomic E-state index is 0.0107. The van der Waals surface area contributed by atoms with Crippen LogP contribution in [0.3, 0.4) is 0 Å². The van der Waals surface area contributed by atoms with Crippen molar-refractivity contribution in [3.63, 3.8) is 0 Å². The van der Waals surface area contributed by atoms with Crippen LogP contribution in [0.15, 0.2) is 0 Å². The summed E-state index contributed by atoms with van der Waals surface area (Å²) >= 11 is 0. The largest absolute Gasteiger partial charge is 0.379 e. The maximum Gasteiger partial charge on any atom is 0.129 e. The van der Waals surface area contributed by atoms with Crippen LogP contribution in [0.5, 0.6) is 0 Å². The molecule has 214 valence electrons. The van der Waals surface area contributed by atoms with Gasteiger partial charge in [-0.3, -0.25) is 0 Å². The van der Waals surface area contributed by atoms with E-state index in [1.54, 1.807) is 0 Å². The number of hydrogen-bond donors (Lipinski definition) is 6. The average Bonchev–Trinajstić information content (AvgIpc) is 2.90. The van der Waals surface area contributed by atoms with E-state index in [0.717, 1.165) is 49.4 Å². The van der Waals surface area contributed by atoms with Crippen molar-refractivity contribution >= 4 is 0 Å². The molecule has 3 rings (SSSR count). The molecule has 0 aromatic heterocycles. The number of nitrogens with one attached hydrogen (secondary N) is 1. The minimum Gasteiger partial charge on any atom is -0.379 e. The lowest BCUT2D eigenvalue weighted by Gasteiger charge is -2.41. The lowest BCUT2D eigenvalue weighted by Crippen LogP contribution is -2.39. The number of rotatable bonds is 11. The van der Waals surface area contributed by atoms with Crippen LogP contribution < -0.4 is 16.9 Å². The molecule has 0 aromatic carbocycles. The van der Waals surface area contributed by atoms with Gasteiger partial charge in [0.25, 0.3) is 0 Å². The zero-order chi connectivity index (χ0) is 26.5. The van der Waals surface area contributed by atoms with E-state index in [1.165, 1.54) is 77.0 Å². The summed E-state index contributed by atoms with van der Waals surface area (Å²) in [6.45, 7) is 7.37. The summed E-state index contributed by atoms with van der Waals surface area (Å²) in [7, 11) is 0. The minimum atomic E-state index is -0.899. The molecule has 0 heterocycles. The topological polar surface area (TPSA) is 125 Å². The Hall–Kier alpha value is -0.240. The van der Waals surface area contributed by atoms with Gasteiger partial charge in [-0.05, 0) is 112 Å². The number of hydrogen-bond acceptors (Lipinski definition) is 6. The molecule has 6 heteroatoms. The first-order valence-electron chi connectivity index (χ1n) is 15.5. The van der Waals surface area contributed by atoms with E-state index in [-0.39, 0.29) is 5.92 Å². The average molecular weight is 512 g/mol. The highest BCUT2D eigenvalue weighted by atomic mass is 16.5. The molecular weight excluding hydrogens is 450 g/mol. The zero-order valence-electron chi connectivity index (χ0n) is 23.8. The molecule has 3 saturated carbocycles. The molecule has 8 N–H and O–H groups in total. The van der Waals surface area contributed by atoms with Crippen LogP contribution in [-0.2, 0) is 0 Å². The molecule has 5 atom stereocenters. The normalized spacial score (nSPS) is 32.0. The predicted octanol–water partition coefficient (Wildman–Crippen LogP) is 5.78. The van der Waals surface area contributed by atoms with Gasteiger partial charge in [-0.15, -0.1) is 0 Å². The van der Waals surface area contributed by atoms with Crippen molar-refractivity contribution in [2.45, 2.75) is 136 Å². The Morgan fingerprint density at radius 2 is 1.36 bits per heavy atom. The second-order valence-electron chi connectivity index (χ2n) is 12.8. The van der Waals surface area contributed by atoms with E-state index in [1.807, 2.05) is 5.48 Å². The molecule has 0 radical (unpaired) electrons. The third-order valence-corrected chi connectivity index (χ3v) is 10.3. The molecule has 36 heavy (non-hydrogen) atoms. The Morgan fingerprint density at radius 1 is 0.833 bits per heavy atom. The third-order valence-electron chi connectivity index (χ3n) is 10.3. The molecule has 6 nitrogen and oxygen atoms in total. The van der Waals surface area contributed by atoms with Gasteiger partial charge in [0.15, 0.2) is 0 Å². The summed E-state index contributed by atoms with van der Waals surface area (Å²) in [4.78, 5) is 0. The number of aliphatic hydroxyl groups excluding tert-OH is 2. The lowest BCUT2D eigenvalue weighted by molar-refractivity contribution is -0.0539. The van der Waals surface area contributed by atoms with Crippen molar-refractivity contribution in [3.8, 4) is 0 Å². The van der Waals surface area contributed by atoms with E-state index >= 15 is 0 Å². The van der Waals surface area contributed by atoms with E-state index in [2.05, 4.69) is 20.8 Å². The van der Waals surface area contributed by atoms with Gasteiger partial charge in [-0.25, -0.2) is 0 Å². The van der Waals surface area contributed by atoms with Crippen molar-refractivity contribution in [1.29, 1.82) is 0 Å². The van der Waals surface area contributed by atoms with Gasteiger partial charge >= 0.3 is 0 Å². The fourth-order valence-corrected chi connectivity index (χ4v) is 7.74. The maximum atomic E-state index is 10.1. The first kappa shape index (κ1) is 32.0. The first-order chi connectivity index (χ1) is 17.3. The molecule has 5 unspecified atom stereocenters. The Bertz CT molecular complexity index is 542. The first-order valence-corrected chi connectivity index (χ1v) is 15.5. The van der Waals surface area contributed by atoms with Crippen molar-refractivity contribution in [3.05, 3.63) is 0 Å². The fraction of sp³-hybridized carbons (Fsp3) is 1.00. The summed E-state index contributed by atoms with van der Waals surface area (Å²) in [6, 6.07) is 0. The number of nitrogens with two attached hydrogens (primary N) is 2. The van der Waals surface area contributed by atoms with E-state index in [9.17, 15) is 10.2 Å². The summed E-state index contributed by atoms with van der Waals surface area (Å²) in [5.74, 6) is 4.79. The summed E-state index contributed by atoms with van der Waals surface area (Å²) in [6.07, 6.45) is 18.8. The van der Waals surface area contributed by atoms with Crippen molar-refractivity contribution in [1.82, 2.24) is 5.48 Å². The zero-order valence-corrected chi connectivity index (χ0v) is 23.8. The summed E-state index contributed by atoms with van der Waals surface area (Å²) in [5.41, 5.74) is 13.4. The van der Waals surface area contributed by atoms with Crippen LogP contribution in [0.25, 0.3) is 0 Å². The van der Waals surface area contributed by atoms with E-state index in [0.29, 0.717) is 24.3 Å². The van der Waals surface area contributed by atoms with E-state index in [4.69, 9.17) is 16.7 Å². The lowest BCUT2D eigenvalue weighted by atomic mass is 9.65. The van der Waals surface area contributed by atoms with Gasteiger partial charge in [0, 0.05) is 5.92 Å². The fourth-order valence-electron chi connectivity index (χ4n) is 7.74. The van der Waals surface area contributed by atoms with Gasteiger partial charge in [0.05, 0.1) is 0 Å². The standard InChI is InChI=1S/C23H47N3O3.C7H14/c1-3-16(14-15(2)21(12-13-24)23(28)26-29)17-4-6-18(7-5-17)19-8-10-20(11-9-19)22(25)27;1-7-5-3-2-4-6-7/h15-23,26-29H,3-14,24-25H2,1-2H3;7H,2-6H2,1H3. The summed E-state index contributed by atoms with van der Waals surface area (Å²) in [5, 5.41) is 28.9. The van der Waals surface area contributed by atoms with Crippen molar-refractivity contribution in [2.24, 2.45) is 58.8 Å². The molecular formula is C30H61N3O3. The van der Waals surface area contributed by atoms with Crippen molar-refractivity contribution < 1.29 is 15.4 Å². The Balaban J connectivity index is 0.000000558. The van der Waals surface area contributed by atoms with Gasteiger partial charge in [0.1, 0.15) is 12.5 Å². The van der Waals surface area contributed by atoms with Gasteiger partial charge in [0.2, 0.25) is 0 Å². The molecule has 0 amide bonds. The smallest absolute Gasteiger partial charge is 0.129 e. The van der Waals surface area contributed by atoms with Crippen LogP contribution in [0.4, 0.5) is 0 Å². The molecule has 3 aliphatic rings. The monoisotopic (exact) mass is 511 g/mol. The number of hydroxylamine groups is 1. The van der Waals surface area contributed by atoms with Gasteiger partial charge in [-0.2, -0.15) is 5.48 Å². The highest BCUT2D eigenvalue weighted by Crippen LogP contribution is 2.45. The maximum absolute atomic E-state index is 10.1. The SMILES string of the molecule is CC1CCCCC1.CCC(CC(C)C(CCN)C(O)NO)C1CCC(C2CCC(C(N)O)CC2)CC1. The second-order valence-corrected chi connectivity index (χ2v) is 12.8. The molecule has 0 aromatic rings. The third kappa shape index (κ3) is 10.5. The highest BCUT2D eigenvalue weighted by molar-refractivity contribution is 4.86. The predicted molar refractivity (Wildman–Crippen MR) is 149 cm³/mol. The quantitative estimate of drug-likeness (QED) is 0.154. The van der Waals surface area contributed by atoms with Crippen LogP contribution in [-0.4, -0.2) is 34.4 Å². The van der Waals surface area contributed by atoms with Crippen molar-refractivity contribution in [2.75, 3.05) is 6.54 Å². The molecule has 0 spiro atoms.